The Bertz CT molecular complexity index is 882. The van der Waals surface area contributed by atoms with E-state index in [-0.39, 0.29) is 19.0 Å². The Kier molecular flexibility index (Phi) is 6.82. The fraction of sp³-hybridized carbons (Fsp3) is 0.389. The van der Waals surface area contributed by atoms with E-state index in [0.29, 0.717) is 11.4 Å². The third-order valence-electron chi connectivity index (χ3n) is 3.59. The second-order valence-corrected chi connectivity index (χ2v) is 7.88. The van der Waals surface area contributed by atoms with E-state index in [1.54, 1.807) is 18.2 Å². The maximum atomic E-state index is 12.3. The molecule has 1 aromatic carbocycles. The van der Waals surface area contributed by atoms with E-state index in [4.69, 9.17) is 0 Å². The van der Waals surface area contributed by atoms with Crippen molar-refractivity contribution in [1.82, 2.24) is 20.0 Å². The summed E-state index contributed by atoms with van der Waals surface area (Å²) >= 11 is 0. The Hall–Kier alpha value is -2.32. The van der Waals surface area contributed by atoms with Gasteiger partial charge in [0, 0.05) is 29.9 Å². The van der Waals surface area contributed by atoms with Crippen molar-refractivity contribution >= 4 is 15.9 Å². The first kappa shape index (κ1) is 20.0. The maximum absolute atomic E-state index is 12.3. The lowest BCUT2D eigenvalue weighted by molar-refractivity contribution is 0.0954. The van der Waals surface area contributed by atoms with Gasteiger partial charge in [-0.1, -0.05) is 25.5 Å². The minimum Gasteiger partial charge on any atom is -0.351 e. The van der Waals surface area contributed by atoms with E-state index in [1.165, 1.54) is 0 Å². The Morgan fingerprint density at radius 3 is 2.62 bits per heavy atom. The van der Waals surface area contributed by atoms with Gasteiger partial charge >= 0.3 is 0 Å². The molecular formula is C18H24N4O3S. The predicted molar refractivity (Wildman–Crippen MR) is 101 cm³/mol. The number of aromatic nitrogens is 2. The number of nitrogens with one attached hydrogen (secondary N) is 2. The zero-order chi connectivity index (χ0) is 19.2. The minimum absolute atomic E-state index is 0.149. The average molecular weight is 376 g/mol. The summed E-state index contributed by atoms with van der Waals surface area (Å²) in [5, 5.41) is 2.69. The minimum atomic E-state index is -3.26. The summed E-state index contributed by atoms with van der Waals surface area (Å²) in [4.78, 5) is 21.2. The van der Waals surface area contributed by atoms with E-state index in [2.05, 4.69) is 26.9 Å². The zero-order valence-corrected chi connectivity index (χ0v) is 16.1. The lowest BCUT2D eigenvalue weighted by Gasteiger charge is -2.09. The van der Waals surface area contributed by atoms with Crippen LogP contribution in [0.5, 0.6) is 0 Å². The molecule has 0 saturated heterocycles. The van der Waals surface area contributed by atoms with Crippen molar-refractivity contribution in [2.45, 2.75) is 26.7 Å². The van der Waals surface area contributed by atoms with Gasteiger partial charge in [-0.15, -0.1) is 0 Å². The van der Waals surface area contributed by atoms with Crippen molar-refractivity contribution in [2.24, 2.45) is 0 Å². The van der Waals surface area contributed by atoms with E-state index < -0.39 is 10.0 Å². The maximum Gasteiger partial charge on any atom is 0.251 e. The molecule has 2 rings (SSSR count). The van der Waals surface area contributed by atoms with Crippen LogP contribution in [0.15, 0.2) is 30.3 Å². The standard InChI is InChI=1S/C18H24N4O3S/c1-4-6-16-12-17(22-13(2)21-16)14-7-5-8-15(11-14)18(23)19-9-10-20-26(3,24)25/h5,7-8,11-12,20H,4,6,9-10H2,1-3H3,(H,19,23). The molecule has 0 atom stereocenters. The molecule has 26 heavy (non-hydrogen) atoms. The second kappa shape index (κ2) is 8.86. The molecule has 1 heterocycles. The van der Waals surface area contributed by atoms with E-state index in [0.717, 1.165) is 36.0 Å². The van der Waals surface area contributed by atoms with Crippen LogP contribution in [0.25, 0.3) is 11.3 Å². The molecule has 0 aliphatic heterocycles. The highest BCUT2D eigenvalue weighted by atomic mass is 32.2. The number of sulfonamides is 1. The first-order valence-electron chi connectivity index (χ1n) is 8.46. The Morgan fingerprint density at radius 2 is 1.92 bits per heavy atom. The first-order chi connectivity index (χ1) is 12.3. The molecule has 8 heteroatoms. The number of amides is 1. The molecule has 7 nitrogen and oxygen atoms in total. The predicted octanol–water partition coefficient (Wildman–Crippen LogP) is 1.68. The highest BCUT2D eigenvalue weighted by Gasteiger charge is 2.09. The van der Waals surface area contributed by atoms with Crippen LogP contribution in [0.4, 0.5) is 0 Å². The number of benzene rings is 1. The zero-order valence-electron chi connectivity index (χ0n) is 15.2. The molecule has 2 N–H and O–H groups in total. The Balaban J connectivity index is 2.11. The van der Waals surface area contributed by atoms with Gasteiger partial charge in [-0.25, -0.2) is 23.1 Å². The van der Waals surface area contributed by atoms with Gasteiger partial charge in [-0.2, -0.15) is 0 Å². The van der Waals surface area contributed by atoms with Crippen molar-refractivity contribution in [2.75, 3.05) is 19.3 Å². The van der Waals surface area contributed by atoms with Crippen LogP contribution in [0.3, 0.4) is 0 Å². The highest BCUT2D eigenvalue weighted by molar-refractivity contribution is 7.88. The molecule has 2 aromatic rings. The molecule has 0 radical (unpaired) electrons. The number of aryl methyl sites for hydroxylation is 2. The molecule has 1 amide bonds. The van der Waals surface area contributed by atoms with Crippen molar-refractivity contribution in [3.8, 4) is 11.3 Å². The molecule has 0 saturated carbocycles. The topological polar surface area (TPSA) is 101 Å². The van der Waals surface area contributed by atoms with Crippen LogP contribution >= 0.6 is 0 Å². The third-order valence-corrected chi connectivity index (χ3v) is 4.32. The average Bonchev–Trinajstić information content (AvgIpc) is 2.57. The summed E-state index contributed by atoms with van der Waals surface area (Å²) in [7, 11) is -3.26. The Labute approximate surface area is 154 Å². The summed E-state index contributed by atoms with van der Waals surface area (Å²) in [6.45, 7) is 4.31. The van der Waals surface area contributed by atoms with Gasteiger partial charge in [0.1, 0.15) is 5.82 Å². The van der Waals surface area contributed by atoms with Gasteiger partial charge in [-0.3, -0.25) is 4.79 Å². The van der Waals surface area contributed by atoms with Crippen LogP contribution in [-0.4, -0.2) is 43.6 Å². The van der Waals surface area contributed by atoms with Gasteiger partial charge in [0.2, 0.25) is 10.0 Å². The van der Waals surface area contributed by atoms with Crippen molar-refractivity contribution in [3.05, 3.63) is 47.4 Å². The van der Waals surface area contributed by atoms with Gasteiger partial charge in [0.15, 0.2) is 0 Å². The summed E-state index contributed by atoms with van der Waals surface area (Å²) in [6, 6.07) is 9.14. The number of carbonyl (C=O) groups excluding carboxylic acids is 1. The first-order valence-corrected chi connectivity index (χ1v) is 10.4. The lowest BCUT2D eigenvalue weighted by Crippen LogP contribution is -2.34. The molecule has 1 aromatic heterocycles. The lowest BCUT2D eigenvalue weighted by atomic mass is 10.1. The normalized spacial score (nSPS) is 11.3. The van der Waals surface area contributed by atoms with E-state index in [9.17, 15) is 13.2 Å². The van der Waals surface area contributed by atoms with Gasteiger partial charge in [0.25, 0.3) is 5.91 Å². The van der Waals surface area contributed by atoms with Crippen LogP contribution in [0, 0.1) is 6.92 Å². The smallest absolute Gasteiger partial charge is 0.251 e. The molecule has 0 bridgehead atoms. The van der Waals surface area contributed by atoms with Gasteiger partial charge in [-0.05, 0) is 31.5 Å². The summed E-state index contributed by atoms with van der Waals surface area (Å²) in [6.07, 6.45) is 2.96. The SMILES string of the molecule is CCCc1cc(-c2cccc(C(=O)NCCNS(C)(=O)=O)c2)nc(C)n1. The van der Waals surface area contributed by atoms with E-state index >= 15 is 0 Å². The number of carbonyl (C=O) groups is 1. The largest absolute Gasteiger partial charge is 0.351 e. The Morgan fingerprint density at radius 1 is 1.15 bits per heavy atom. The van der Waals surface area contributed by atoms with Crippen LogP contribution in [0.2, 0.25) is 0 Å². The summed E-state index contributed by atoms with van der Waals surface area (Å²) < 4.78 is 24.4. The van der Waals surface area contributed by atoms with Crippen LogP contribution in [-0.2, 0) is 16.4 Å². The molecule has 0 spiro atoms. The molecular weight excluding hydrogens is 352 g/mol. The molecule has 0 unspecified atom stereocenters. The number of hydrogen-bond donors (Lipinski definition) is 2. The molecule has 0 aliphatic rings. The van der Waals surface area contributed by atoms with Crippen molar-refractivity contribution in [3.63, 3.8) is 0 Å². The quantitative estimate of drug-likeness (QED) is 0.683. The number of hydrogen-bond acceptors (Lipinski definition) is 5. The summed E-state index contributed by atoms with van der Waals surface area (Å²) in [5.74, 6) is 0.439. The molecule has 0 fully saturated rings. The molecule has 140 valence electrons. The monoisotopic (exact) mass is 376 g/mol. The molecule has 0 aliphatic carbocycles. The van der Waals surface area contributed by atoms with Gasteiger partial charge < -0.3 is 5.32 Å². The summed E-state index contributed by atoms with van der Waals surface area (Å²) in [5.41, 5.74) is 3.11. The van der Waals surface area contributed by atoms with Gasteiger partial charge in [0.05, 0.1) is 11.9 Å². The van der Waals surface area contributed by atoms with Crippen LogP contribution in [0.1, 0.15) is 35.2 Å². The number of nitrogens with zero attached hydrogens (tertiary/aromatic N) is 2. The van der Waals surface area contributed by atoms with Crippen LogP contribution < -0.4 is 10.0 Å². The second-order valence-electron chi connectivity index (χ2n) is 6.04. The highest BCUT2D eigenvalue weighted by Crippen LogP contribution is 2.20. The third kappa shape index (κ3) is 6.20. The van der Waals surface area contributed by atoms with Crippen molar-refractivity contribution < 1.29 is 13.2 Å². The number of rotatable bonds is 8. The fourth-order valence-electron chi connectivity index (χ4n) is 2.50. The van der Waals surface area contributed by atoms with E-state index in [1.807, 2.05) is 19.1 Å². The fourth-order valence-corrected chi connectivity index (χ4v) is 2.97. The van der Waals surface area contributed by atoms with Crippen molar-refractivity contribution in [1.29, 1.82) is 0 Å².